The van der Waals surface area contributed by atoms with Gasteiger partial charge < -0.3 is 14.5 Å². The highest BCUT2D eigenvalue weighted by Gasteiger charge is 2.41. The van der Waals surface area contributed by atoms with E-state index >= 15 is 0 Å². The maximum Gasteiger partial charge on any atom is 0.406 e. The zero-order valence-corrected chi connectivity index (χ0v) is 18.3. The van der Waals surface area contributed by atoms with Crippen molar-refractivity contribution in [3.8, 4) is 0 Å². The normalized spacial score (nSPS) is 20.5. The first-order valence-corrected chi connectivity index (χ1v) is 10.8. The number of amides is 2. The number of hydrogen-bond acceptors (Lipinski definition) is 4. The summed E-state index contributed by atoms with van der Waals surface area (Å²) in [5, 5.41) is 0.381. The van der Waals surface area contributed by atoms with Gasteiger partial charge in [-0.05, 0) is 43.7 Å². The number of hydrogen-bond donors (Lipinski definition) is 0. The van der Waals surface area contributed by atoms with Gasteiger partial charge in [-0.25, -0.2) is 9.78 Å². The summed E-state index contributed by atoms with van der Waals surface area (Å²) in [5.74, 6) is 0.754. The summed E-state index contributed by atoms with van der Waals surface area (Å²) in [6, 6.07) is 8.62. The Balaban J connectivity index is 1.66. The lowest BCUT2D eigenvalue weighted by atomic mass is 10.2. The van der Waals surface area contributed by atoms with Gasteiger partial charge in [0.25, 0.3) is 0 Å². The number of ether oxygens (including phenoxy) is 1. The summed E-state index contributed by atoms with van der Waals surface area (Å²) in [4.78, 5) is 22.3. The fraction of sp³-hybridized carbons (Fsp3) is 0.455. The minimum absolute atomic E-state index is 0.0162. The number of halogens is 4. The van der Waals surface area contributed by atoms with E-state index < -0.39 is 18.8 Å². The van der Waals surface area contributed by atoms with Crippen LogP contribution in [-0.4, -0.2) is 60.5 Å². The molecule has 3 heterocycles. The largest absolute Gasteiger partial charge is 0.406 e. The number of carbonyl (C=O) groups is 1. The first-order chi connectivity index (χ1) is 15.2. The van der Waals surface area contributed by atoms with Crippen LogP contribution < -0.4 is 9.80 Å². The molecule has 2 amide bonds. The first kappa shape index (κ1) is 22.7. The molecule has 0 radical (unpaired) electrons. The lowest BCUT2D eigenvalue weighted by Gasteiger charge is -2.32. The van der Waals surface area contributed by atoms with Crippen molar-refractivity contribution in [1.82, 2.24) is 9.88 Å². The molecule has 0 spiro atoms. The molecule has 172 valence electrons. The molecule has 1 aromatic heterocycles. The summed E-state index contributed by atoms with van der Waals surface area (Å²) in [5.41, 5.74) is 0.936. The van der Waals surface area contributed by atoms with Crippen molar-refractivity contribution in [3.63, 3.8) is 0 Å². The van der Waals surface area contributed by atoms with Gasteiger partial charge in [0.1, 0.15) is 12.4 Å². The van der Waals surface area contributed by atoms with E-state index in [1.165, 1.54) is 29.2 Å². The third-order valence-corrected chi connectivity index (χ3v) is 5.94. The summed E-state index contributed by atoms with van der Waals surface area (Å²) >= 11 is 5.90. The maximum absolute atomic E-state index is 13.5. The second-order valence-electron chi connectivity index (χ2n) is 7.95. The van der Waals surface area contributed by atoms with Gasteiger partial charge >= 0.3 is 12.2 Å². The molecule has 1 saturated heterocycles. The third-order valence-electron chi connectivity index (χ3n) is 5.69. The number of aromatic nitrogens is 1. The SMILES string of the molecule is CCO[C@@H]1C[C@@H]2CN(C(=O)N(CC(F)(F)F)c3ccc(Cl)cc3)Cc3cccnc3N2C1. The molecular weight excluding hydrogens is 445 g/mol. The van der Waals surface area contributed by atoms with Gasteiger partial charge in [0.05, 0.1) is 18.7 Å². The standard InChI is InChI=1S/C22H24ClF3N4O2/c1-2-32-19-10-18-12-28(11-15-4-3-9-27-20(15)29(18)13-19)21(31)30(14-22(24,25)26)17-7-5-16(23)6-8-17/h3-9,18-19H,2,10-14H2,1H3/t18-,19-/m1/s1. The summed E-state index contributed by atoms with van der Waals surface area (Å²) in [6.07, 6.45) is -2.21. The second-order valence-corrected chi connectivity index (χ2v) is 8.38. The highest BCUT2D eigenvalue weighted by molar-refractivity contribution is 6.30. The molecule has 0 saturated carbocycles. The molecular formula is C22H24ClF3N4O2. The maximum atomic E-state index is 13.5. The van der Waals surface area contributed by atoms with Crippen molar-refractivity contribution in [1.29, 1.82) is 0 Å². The van der Waals surface area contributed by atoms with Crippen LogP contribution in [0.5, 0.6) is 0 Å². The van der Waals surface area contributed by atoms with Crippen molar-refractivity contribution >= 4 is 29.1 Å². The van der Waals surface area contributed by atoms with Crippen molar-refractivity contribution in [3.05, 3.63) is 53.2 Å². The number of benzene rings is 1. The van der Waals surface area contributed by atoms with Crippen molar-refractivity contribution in [2.45, 2.75) is 38.2 Å². The van der Waals surface area contributed by atoms with Crippen molar-refractivity contribution < 1.29 is 22.7 Å². The van der Waals surface area contributed by atoms with Crippen molar-refractivity contribution in [2.24, 2.45) is 0 Å². The molecule has 2 aliphatic rings. The fourth-order valence-electron chi connectivity index (χ4n) is 4.39. The van der Waals surface area contributed by atoms with Gasteiger partial charge in [0.15, 0.2) is 0 Å². The predicted octanol–water partition coefficient (Wildman–Crippen LogP) is 4.72. The highest BCUT2D eigenvalue weighted by atomic mass is 35.5. The quantitative estimate of drug-likeness (QED) is 0.651. The molecule has 0 N–H and O–H groups in total. The molecule has 10 heteroatoms. The summed E-state index contributed by atoms with van der Waals surface area (Å²) in [6.45, 7) is 2.19. The Bertz CT molecular complexity index is 957. The van der Waals surface area contributed by atoms with Crippen LogP contribution in [0.2, 0.25) is 5.02 Å². The Morgan fingerprint density at radius 1 is 1.25 bits per heavy atom. The lowest BCUT2D eigenvalue weighted by molar-refractivity contribution is -0.118. The number of fused-ring (bicyclic) bond motifs is 3. The molecule has 2 aliphatic heterocycles. The Morgan fingerprint density at radius 2 is 2.00 bits per heavy atom. The van der Waals surface area contributed by atoms with Gasteiger partial charge in [-0.15, -0.1) is 0 Å². The van der Waals surface area contributed by atoms with Gasteiger partial charge in [-0.1, -0.05) is 17.7 Å². The molecule has 6 nitrogen and oxygen atoms in total. The van der Waals surface area contributed by atoms with E-state index in [4.69, 9.17) is 16.3 Å². The average molecular weight is 469 g/mol. The smallest absolute Gasteiger partial charge is 0.377 e. The van der Waals surface area contributed by atoms with E-state index in [9.17, 15) is 18.0 Å². The van der Waals surface area contributed by atoms with E-state index in [2.05, 4.69) is 9.88 Å². The minimum atomic E-state index is -4.56. The van der Waals surface area contributed by atoms with E-state index in [0.29, 0.717) is 24.6 Å². The molecule has 2 aromatic rings. The zero-order chi connectivity index (χ0) is 22.9. The Kier molecular flexibility index (Phi) is 6.48. The highest BCUT2D eigenvalue weighted by Crippen LogP contribution is 2.34. The van der Waals surface area contributed by atoms with Crippen LogP contribution in [0.25, 0.3) is 0 Å². The number of pyridine rings is 1. The van der Waals surface area contributed by atoms with Gasteiger partial charge in [-0.3, -0.25) is 4.90 Å². The number of carbonyl (C=O) groups excluding carboxylic acids is 1. The second kappa shape index (κ2) is 9.15. The first-order valence-electron chi connectivity index (χ1n) is 10.5. The number of rotatable bonds is 4. The van der Waals surface area contributed by atoms with Crippen LogP contribution in [0.15, 0.2) is 42.6 Å². The Morgan fingerprint density at radius 3 is 2.69 bits per heavy atom. The molecule has 1 aromatic carbocycles. The van der Waals surface area contributed by atoms with E-state index in [1.807, 2.05) is 13.0 Å². The number of alkyl halides is 3. The van der Waals surface area contributed by atoms with Gasteiger partial charge in [0.2, 0.25) is 0 Å². The van der Waals surface area contributed by atoms with Crippen LogP contribution >= 0.6 is 11.6 Å². The van der Waals surface area contributed by atoms with Crippen LogP contribution in [0.4, 0.5) is 29.5 Å². The number of nitrogens with zero attached hydrogens (tertiary/aromatic N) is 4. The molecule has 4 rings (SSSR count). The summed E-state index contributed by atoms with van der Waals surface area (Å²) in [7, 11) is 0. The van der Waals surface area contributed by atoms with Gasteiger partial charge in [0, 0.05) is 42.2 Å². The van der Waals surface area contributed by atoms with Gasteiger partial charge in [-0.2, -0.15) is 13.2 Å². The van der Waals surface area contributed by atoms with Crippen molar-refractivity contribution in [2.75, 3.05) is 36.0 Å². The monoisotopic (exact) mass is 468 g/mol. The molecule has 1 fully saturated rings. The van der Waals surface area contributed by atoms with E-state index in [0.717, 1.165) is 16.3 Å². The molecule has 0 aliphatic carbocycles. The molecule has 2 atom stereocenters. The molecule has 0 unspecified atom stereocenters. The van der Waals surface area contributed by atoms with Crippen LogP contribution in [0, 0.1) is 0 Å². The predicted molar refractivity (Wildman–Crippen MR) is 116 cm³/mol. The average Bonchev–Trinajstić information content (AvgIpc) is 3.07. The number of urea groups is 1. The fourth-order valence-corrected chi connectivity index (χ4v) is 4.51. The molecule has 0 bridgehead atoms. The molecule has 32 heavy (non-hydrogen) atoms. The third kappa shape index (κ3) is 4.94. The number of anilines is 2. The topological polar surface area (TPSA) is 48.9 Å². The summed E-state index contributed by atoms with van der Waals surface area (Å²) < 4.78 is 46.0. The van der Waals surface area contributed by atoms with E-state index in [-0.39, 0.29) is 30.9 Å². The van der Waals surface area contributed by atoms with Crippen LogP contribution in [0.1, 0.15) is 18.9 Å². The lowest BCUT2D eigenvalue weighted by Crippen LogP contribution is -2.49. The zero-order valence-electron chi connectivity index (χ0n) is 17.6. The van der Waals surface area contributed by atoms with E-state index in [1.54, 1.807) is 12.3 Å². The Hall–Kier alpha value is -2.52. The Labute approximate surface area is 189 Å². The van der Waals surface area contributed by atoms with Crippen LogP contribution in [-0.2, 0) is 11.3 Å². The van der Waals surface area contributed by atoms with Crippen LogP contribution in [0.3, 0.4) is 0 Å². The minimum Gasteiger partial charge on any atom is -0.377 e.